The summed E-state index contributed by atoms with van der Waals surface area (Å²) in [6, 6.07) is -1.11. The Hall–Kier alpha value is -3.03. The Labute approximate surface area is 210 Å². The van der Waals surface area contributed by atoms with Gasteiger partial charge in [0.1, 0.15) is 23.4 Å². The molecule has 2 amide bonds. The van der Waals surface area contributed by atoms with Crippen molar-refractivity contribution >= 4 is 75.2 Å². The Morgan fingerprint density at radius 1 is 1.46 bits per heavy atom. The minimum atomic E-state index is -3.29. The average Bonchev–Trinajstić information content (AvgIpc) is 3.47. The van der Waals surface area contributed by atoms with E-state index in [0.717, 1.165) is 27.8 Å². The first-order chi connectivity index (χ1) is 16.7. The van der Waals surface area contributed by atoms with Gasteiger partial charge in [-0.15, -0.1) is 23.1 Å². The Morgan fingerprint density at radius 3 is 2.89 bits per heavy atom. The summed E-state index contributed by atoms with van der Waals surface area (Å²) in [5, 5.41) is 15.4. The first-order valence-corrected chi connectivity index (χ1v) is 12.9. The monoisotopic (exact) mass is 565 g/mol. The predicted molar refractivity (Wildman–Crippen MR) is 122 cm³/mol. The van der Waals surface area contributed by atoms with Crippen molar-refractivity contribution in [2.24, 2.45) is 5.16 Å². The summed E-state index contributed by atoms with van der Waals surface area (Å²) in [4.78, 5) is 49.8. The number of fused-ring (bicyclic) bond motifs is 1. The number of β-lactam (4-membered cyclic amide) rings is 1. The van der Waals surface area contributed by atoms with Gasteiger partial charge in [-0.3, -0.25) is 14.5 Å². The molecule has 1 saturated heterocycles. The van der Waals surface area contributed by atoms with Gasteiger partial charge in [-0.2, -0.15) is 13.2 Å². The second kappa shape index (κ2) is 10.7. The zero-order valence-corrected chi connectivity index (χ0v) is 20.3. The number of oxime groups is 1. The van der Waals surface area contributed by atoms with Crippen LogP contribution in [0.1, 0.15) is 5.69 Å². The molecule has 4 heterocycles. The van der Waals surface area contributed by atoms with Crippen molar-refractivity contribution in [1.29, 1.82) is 0 Å². The van der Waals surface area contributed by atoms with Gasteiger partial charge in [-0.25, -0.2) is 14.8 Å². The van der Waals surface area contributed by atoms with E-state index in [1.54, 1.807) is 0 Å². The van der Waals surface area contributed by atoms with Crippen LogP contribution >= 0.6 is 46.4 Å². The zero-order valence-electron chi connectivity index (χ0n) is 17.0. The molecule has 186 valence electrons. The van der Waals surface area contributed by atoms with Crippen LogP contribution in [0.4, 0.5) is 18.7 Å². The molecule has 2 aromatic heterocycles. The fourth-order valence-electron chi connectivity index (χ4n) is 2.99. The zero-order chi connectivity index (χ0) is 25.1. The van der Waals surface area contributed by atoms with Crippen molar-refractivity contribution in [2.75, 3.05) is 17.2 Å². The Bertz CT molecular complexity index is 1190. The molecule has 19 heteroatoms. The molecule has 2 atom stereocenters. The third kappa shape index (κ3) is 5.63. The molecule has 2 aliphatic rings. The number of carbonyl (C=O) groups excluding carboxylic acids is 2. The molecular formula is C16H13F2N7O6S4. The lowest BCUT2D eigenvalue weighted by molar-refractivity contribution is -0.148. The SMILES string of the molecule is Nc1nc(C(=NOC(F)F)C(=O)NC2C(=O)N3C(OC(=O)O)=C(CSc4ncns4)CS[C@@H]23)cs1. The van der Waals surface area contributed by atoms with Crippen LogP contribution in [0.15, 0.2) is 32.7 Å². The van der Waals surface area contributed by atoms with Crippen LogP contribution < -0.4 is 11.1 Å². The highest BCUT2D eigenvalue weighted by Crippen LogP contribution is 2.42. The van der Waals surface area contributed by atoms with Gasteiger partial charge in [0.2, 0.25) is 5.88 Å². The van der Waals surface area contributed by atoms with Gasteiger partial charge < -0.3 is 25.7 Å². The molecule has 2 aliphatic heterocycles. The molecule has 1 fully saturated rings. The highest BCUT2D eigenvalue weighted by molar-refractivity contribution is 8.01. The lowest BCUT2D eigenvalue weighted by Gasteiger charge is -2.49. The normalized spacial score (nSPS) is 19.9. The number of aromatic nitrogens is 3. The van der Waals surface area contributed by atoms with Crippen LogP contribution in [0.5, 0.6) is 0 Å². The first-order valence-electron chi connectivity index (χ1n) is 9.25. The van der Waals surface area contributed by atoms with Crippen LogP contribution in [0, 0.1) is 0 Å². The van der Waals surface area contributed by atoms with E-state index in [1.165, 1.54) is 35.2 Å². The van der Waals surface area contributed by atoms with E-state index in [1.807, 2.05) is 0 Å². The topological polar surface area (TPSA) is 182 Å². The van der Waals surface area contributed by atoms with Crippen LogP contribution in [-0.2, 0) is 19.2 Å². The molecule has 35 heavy (non-hydrogen) atoms. The van der Waals surface area contributed by atoms with Crippen LogP contribution in [-0.4, -0.2) is 77.6 Å². The minimum Gasteiger partial charge on any atom is -0.449 e. The quantitative estimate of drug-likeness (QED) is 0.132. The van der Waals surface area contributed by atoms with E-state index in [0.29, 0.717) is 21.4 Å². The predicted octanol–water partition coefficient (Wildman–Crippen LogP) is 1.62. The Kier molecular flexibility index (Phi) is 7.67. The van der Waals surface area contributed by atoms with E-state index in [2.05, 4.69) is 29.7 Å². The van der Waals surface area contributed by atoms with E-state index in [9.17, 15) is 23.2 Å². The first kappa shape index (κ1) is 25.1. The molecule has 0 aliphatic carbocycles. The molecular weight excluding hydrogens is 552 g/mol. The van der Waals surface area contributed by atoms with Gasteiger partial charge in [-0.05, 0) is 11.5 Å². The molecule has 2 aromatic rings. The summed E-state index contributed by atoms with van der Waals surface area (Å²) >= 11 is 4.68. The molecule has 0 radical (unpaired) electrons. The number of ether oxygens (including phenoxy) is 1. The maximum atomic E-state index is 12.9. The number of hydrogen-bond acceptors (Lipinski definition) is 14. The highest BCUT2D eigenvalue weighted by atomic mass is 32.2. The van der Waals surface area contributed by atoms with Gasteiger partial charge in [0.15, 0.2) is 15.2 Å². The molecule has 1 unspecified atom stereocenters. The van der Waals surface area contributed by atoms with E-state index >= 15 is 0 Å². The van der Waals surface area contributed by atoms with Crippen molar-refractivity contribution in [3.05, 3.63) is 28.9 Å². The molecule has 0 aromatic carbocycles. The van der Waals surface area contributed by atoms with Crippen molar-refractivity contribution in [3.63, 3.8) is 0 Å². The number of thiazole rings is 1. The second-order valence-electron chi connectivity index (χ2n) is 6.51. The average molecular weight is 566 g/mol. The number of carboxylic acid groups (broad SMARTS) is 1. The van der Waals surface area contributed by atoms with Crippen molar-refractivity contribution < 1.29 is 37.8 Å². The summed E-state index contributed by atoms with van der Waals surface area (Å²) in [5.74, 6) is -1.21. The van der Waals surface area contributed by atoms with E-state index in [-0.39, 0.29) is 16.7 Å². The van der Waals surface area contributed by atoms with Gasteiger partial charge in [-0.1, -0.05) is 16.9 Å². The number of nitrogen functional groups attached to an aromatic ring is 1. The molecule has 4 N–H and O–H groups in total. The number of rotatable bonds is 9. The molecule has 4 rings (SSSR count). The summed E-state index contributed by atoms with van der Waals surface area (Å²) < 4.78 is 34.4. The summed E-state index contributed by atoms with van der Waals surface area (Å²) in [6.07, 6.45) is -0.221. The number of nitrogens with one attached hydrogen (secondary N) is 1. The number of anilines is 1. The second-order valence-corrected chi connectivity index (χ2v) is 10.5. The fraction of sp³-hybridized carbons (Fsp3) is 0.312. The molecule has 0 bridgehead atoms. The summed E-state index contributed by atoms with van der Waals surface area (Å²) in [7, 11) is 0. The number of carbonyl (C=O) groups is 3. The standard InChI is InChI=1S/C16H13F2N7O6S4/c17-13(18)31-24-7(6-3-33-14(19)22-6)9(26)23-8-10(27)25-11(30-16(28)29)5(1-32-12(8)25)2-34-15-20-4-21-35-15/h3-4,8,12-13H,1-2H2,(H2,19,22)(H,23,26)(H,28,29)/t8?,12-/m0/s1. The van der Waals surface area contributed by atoms with Crippen LogP contribution in [0.25, 0.3) is 0 Å². The summed E-state index contributed by atoms with van der Waals surface area (Å²) in [6.45, 7) is -3.29. The maximum Gasteiger partial charge on any atom is 0.512 e. The third-order valence-corrected chi connectivity index (χ3v) is 8.27. The molecule has 0 spiro atoms. The van der Waals surface area contributed by atoms with E-state index in [4.69, 9.17) is 15.6 Å². The number of halogens is 2. The Morgan fingerprint density at radius 2 is 2.26 bits per heavy atom. The number of nitrogens with two attached hydrogens (primary N) is 1. The fourth-order valence-corrected chi connectivity index (χ4v) is 6.43. The highest BCUT2D eigenvalue weighted by Gasteiger charge is 2.54. The van der Waals surface area contributed by atoms with E-state index < -0.39 is 41.7 Å². The number of amides is 2. The maximum absolute atomic E-state index is 12.9. The van der Waals surface area contributed by atoms with Crippen LogP contribution in [0.2, 0.25) is 0 Å². The van der Waals surface area contributed by atoms with Crippen LogP contribution in [0.3, 0.4) is 0 Å². The number of alkyl halides is 2. The Balaban J connectivity index is 1.50. The molecule has 0 saturated carbocycles. The largest absolute Gasteiger partial charge is 0.512 e. The van der Waals surface area contributed by atoms with Gasteiger partial charge >= 0.3 is 12.8 Å². The number of thioether (sulfide) groups is 2. The lowest BCUT2D eigenvalue weighted by atomic mass is 10.1. The minimum absolute atomic E-state index is 0.0609. The van der Waals surface area contributed by atoms with Gasteiger partial charge in [0, 0.05) is 22.5 Å². The third-order valence-electron chi connectivity index (χ3n) is 4.38. The lowest BCUT2D eigenvalue weighted by Crippen LogP contribution is -2.70. The van der Waals surface area contributed by atoms with Crippen molar-refractivity contribution in [3.8, 4) is 0 Å². The smallest absolute Gasteiger partial charge is 0.449 e. The number of hydrogen-bond donors (Lipinski definition) is 3. The van der Waals surface area contributed by atoms with Gasteiger partial charge in [0.05, 0.1) is 0 Å². The van der Waals surface area contributed by atoms with Gasteiger partial charge in [0.25, 0.3) is 11.8 Å². The number of nitrogens with zero attached hydrogens (tertiary/aromatic N) is 5. The van der Waals surface area contributed by atoms with Crippen molar-refractivity contribution in [2.45, 2.75) is 22.4 Å². The van der Waals surface area contributed by atoms with Crippen molar-refractivity contribution in [1.82, 2.24) is 24.6 Å². The summed E-state index contributed by atoms with van der Waals surface area (Å²) in [5.41, 5.74) is 5.36. The molecule has 13 nitrogen and oxygen atoms in total.